The maximum absolute atomic E-state index is 12.1. The van der Waals surface area contributed by atoms with Crippen LogP contribution in [0.5, 0.6) is 0 Å². The van der Waals surface area contributed by atoms with Crippen molar-refractivity contribution in [3.8, 4) is 0 Å². The number of carbonyl (C=O) groups is 1. The van der Waals surface area contributed by atoms with Crippen molar-refractivity contribution in [3.05, 3.63) is 29.3 Å². The molecule has 1 saturated carbocycles. The molecule has 0 aliphatic heterocycles. The minimum atomic E-state index is 0.0155. The van der Waals surface area contributed by atoms with Gasteiger partial charge in [0.05, 0.1) is 0 Å². The monoisotopic (exact) mass is 232 g/mol. The average molecular weight is 232 g/mol. The molecule has 0 saturated heterocycles. The zero-order chi connectivity index (χ0) is 12.3. The summed E-state index contributed by atoms with van der Waals surface area (Å²) in [6.45, 7) is 1.89. The Balaban J connectivity index is 2.06. The lowest BCUT2D eigenvalue weighted by atomic mass is 9.95. The summed E-state index contributed by atoms with van der Waals surface area (Å²) in [6.07, 6.45) is 5.95. The molecule has 0 bridgehead atoms. The SMILES string of the molecule is Cc1c(N)cccc1C(=O)NC1CCCCC1. The Kier molecular flexibility index (Phi) is 3.67. The maximum Gasteiger partial charge on any atom is 0.251 e. The first-order valence-electron chi connectivity index (χ1n) is 6.34. The van der Waals surface area contributed by atoms with E-state index in [9.17, 15) is 4.79 Å². The second-order valence-corrected chi connectivity index (χ2v) is 4.83. The Bertz CT molecular complexity index is 409. The largest absolute Gasteiger partial charge is 0.398 e. The number of nitrogens with two attached hydrogens (primary N) is 1. The molecule has 1 aliphatic rings. The lowest BCUT2D eigenvalue weighted by Crippen LogP contribution is -2.36. The molecule has 0 heterocycles. The second kappa shape index (κ2) is 5.21. The van der Waals surface area contributed by atoms with Crippen LogP contribution in [0.3, 0.4) is 0 Å². The van der Waals surface area contributed by atoms with Gasteiger partial charge in [-0.15, -0.1) is 0 Å². The second-order valence-electron chi connectivity index (χ2n) is 4.83. The van der Waals surface area contributed by atoms with Crippen molar-refractivity contribution in [1.29, 1.82) is 0 Å². The third kappa shape index (κ3) is 2.78. The fourth-order valence-corrected chi connectivity index (χ4v) is 2.41. The Labute approximate surface area is 102 Å². The third-order valence-electron chi connectivity index (χ3n) is 3.56. The van der Waals surface area contributed by atoms with Crippen molar-refractivity contribution in [2.45, 2.75) is 45.1 Å². The predicted octanol–water partition coefficient (Wildman–Crippen LogP) is 2.64. The van der Waals surface area contributed by atoms with Crippen molar-refractivity contribution < 1.29 is 4.79 Å². The summed E-state index contributed by atoms with van der Waals surface area (Å²) >= 11 is 0. The minimum Gasteiger partial charge on any atom is -0.398 e. The van der Waals surface area contributed by atoms with E-state index in [1.54, 1.807) is 0 Å². The van der Waals surface area contributed by atoms with Crippen molar-refractivity contribution in [2.24, 2.45) is 0 Å². The summed E-state index contributed by atoms with van der Waals surface area (Å²) in [4.78, 5) is 12.1. The van der Waals surface area contributed by atoms with E-state index in [1.165, 1.54) is 19.3 Å². The van der Waals surface area contributed by atoms with Gasteiger partial charge in [0.15, 0.2) is 0 Å². The number of rotatable bonds is 2. The lowest BCUT2D eigenvalue weighted by Gasteiger charge is -2.23. The van der Waals surface area contributed by atoms with Crippen molar-refractivity contribution in [1.82, 2.24) is 5.32 Å². The molecule has 1 aromatic rings. The van der Waals surface area contributed by atoms with Crippen LogP contribution in [0.1, 0.15) is 48.0 Å². The molecule has 17 heavy (non-hydrogen) atoms. The summed E-state index contributed by atoms with van der Waals surface area (Å²) in [5.74, 6) is 0.0155. The molecular formula is C14H20N2O. The van der Waals surface area contributed by atoms with Gasteiger partial charge >= 0.3 is 0 Å². The van der Waals surface area contributed by atoms with Crippen LogP contribution in [0.15, 0.2) is 18.2 Å². The van der Waals surface area contributed by atoms with Gasteiger partial charge in [0.25, 0.3) is 5.91 Å². The lowest BCUT2D eigenvalue weighted by molar-refractivity contribution is 0.0927. The van der Waals surface area contributed by atoms with E-state index in [0.717, 1.165) is 18.4 Å². The van der Waals surface area contributed by atoms with E-state index in [4.69, 9.17) is 5.73 Å². The highest BCUT2D eigenvalue weighted by molar-refractivity contribution is 5.97. The van der Waals surface area contributed by atoms with Gasteiger partial charge in [-0.1, -0.05) is 25.3 Å². The van der Waals surface area contributed by atoms with Crippen molar-refractivity contribution >= 4 is 11.6 Å². The Morgan fingerprint density at radius 1 is 1.29 bits per heavy atom. The van der Waals surface area contributed by atoms with Gasteiger partial charge in [0, 0.05) is 17.3 Å². The molecule has 0 atom stereocenters. The van der Waals surface area contributed by atoms with E-state index >= 15 is 0 Å². The molecule has 1 aliphatic carbocycles. The predicted molar refractivity (Wildman–Crippen MR) is 69.9 cm³/mol. The van der Waals surface area contributed by atoms with E-state index < -0.39 is 0 Å². The van der Waals surface area contributed by atoms with E-state index in [0.29, 0.717) is 17.3 Å². The molecule has 2 rings (SSSR count). The topological polar surface area (TPSA) is 55.1 Å². The number of hydrogen-bond donors (Lipinski definition) is 2. The summed E-state index contributed by atoms with van der Waals surface area (Å²) in [5, 5.41) is 3.11. The number of benzene rings is 1. The molecule has 92 valence electrons. The number of anilines is 1. The number of amides is 1. The number of nitrogen functional groups attached to an aromatic ring is 1. The van der Waals surface area contributed by atoms with Gasteiger partial charge in [-0.3, -0.25) is 4.79 Å². The fraction of sp³-hybridized carbons (Fsp3) is 0.500. The summed E-state index contributed by atoms with van der Waals surface area (Å²) in [5.41, 5.74) is 8.07. The van der Waals surface area contributed by atoms with Crippen LogP contribution < -0.4 is 11.1 Å². The quantitative estimate of drug-likeness (QED) is 0.770. The number of nitrogens with one attached hydrogen (secondary N) is 1. The van der Waals surface area contributed by atoms with Gasteiger partial charge in [-0.2, -0.15) is 0 Å². The summed E-state index contributed by atoms with van der Waals surface area (Å²) in [7, 11) is 0. The highest BCUT2D eigenvalue weighted by atomic mass is 16.1. The van der Waals surface area contributed by atoms with Gasteiger partial charge in [0.1, 0.15) is 0 Å². The van der Waals surface area contributed by atoms with Crippen LogP contribution in [0.4, 0.5) is 5.69 Å². The fourth-order valence-electron chi connectivity index (χ4n) is 2.41. The minimum absolute atomic E-state index is 0.0155. The van der Waals surface area contributed by atoms with E-state index in [2.05, 4.69) is 5.32 Å². The van der Waals surface area contributed by atoms with Gasteiger partial charge in [0.2, 0.25) is 0 Å². The molecule has 3 heteroatoms. The van der Waals surface area contributed by atoms with Crippen LogP contribution in [-0.2, 0) is 0 Å². The molecule has 0 unspecified atom stereocenters. The van der Waals surface area contributed by atoms with Crippen LogP contribution in [-0.4, -0.2) is 11.9 Å². The van der Waals surface area contributed by atoms with Crippen LogP contribution >= 0.6 is 0 Å². The van der Waals surface area contributed by atoms with E-state index in [-0.39, 0.29) is 5.91 Å². The first-order chi connectivity index (χ1) is 8.18. The first-order valence-corrected chi connectivity index (χ1v) is 6.34. The Morgan fingerprint density at radius 3 is 2.71 bits per heavy atom. The molecule has 0 radical (unpaired) electrons. The molecule has 0 aromatic heterocycles. The Hall–Kier alpha value is -1.51. The summed E-state index contributed by atoms with van der Waals surface area (Å²) < 4.78 is 0. The summed E-state index contributed by atoms with van der Waals surface area (Å²) in [6, 6.07) is 5.84. The van der Waals surface area contributed by atoms with Gasteiger partial charge < -0.3 is 11.1 Å². The van der Waals surface area contributed by atoms with Gasteiger partial charge in [-0.05, 0) is 37.5 Å². The highest BCUT2D eigenvalue weighted by Gasteiger charge is 2.17. The standard InChI is InChI=1S/C14H20N2O/c1-10-12(8-5-9-13(10)15)14(17)16-11-6-3-2-4-7-11/h5,8-9,11H,2-4,6-7,15H2,1H3,(H,16,17). The molecule has 1 aromatic carbocycles. The zero-order valence-electron chi connectivity index (χ0n) is 10.3. The van der Waals surface area contributed by atoms with Crippen LogP contribution in [0, 0.1) is 6.92 Å². The van der Waals surface area contributed by atoms with E-state index in [1.807, 2.05) is 25.1 Å². The number of carbonyl (C=O) groups excluding carboxylic acids is 1. The maximum atomic E-state index is 12.1. The average Bonchev–Trinajstić information content (AvgIpc) is 2.34. The normalized spacial score (nSPS) is 16.8. The molecule has 0 spiro atoms. The molecule has 1 fully saturated rings. The zero-order valence-corrected chi connectivity index (χ0v) is 10.3. The molecular weight excluding hydrogens is 212 g/mol. The first kappa shape index (κ1) is 12.0. The Morgan fingerprint density at radius 2 is 2.00 bits per heavy atom. The van der Waals surface area contributed by atoms with Crippen LogP contribution in [0.2, 0.25) is 0 Å². The molecule has 3 nitrogen and oxygen atoms in total. The highest BCUT2D eigenvalue weighted by Crippen LogP contribution is 2.19. The third-order valence-corrected chi connectivity index (χ3v) is 3.56. The van der Waals surface area contributed by atoms with Gasteiger partial charge in [-0.25, -0.2) is 0 Å². The van der Waals surface area contributed by atoms with Crippen LogP contribution in [0.25, 0.3) is 0 Å². The molecule has 1 amide bonds. The smallest absolute Gasteiger partial charge is 0.251 e. The van der Waals surface area contributed by atoms with Crippen molar-refractivity contribution in [3.63, 3.8) is 0 Å². The van der Waals surface area contributed by atoms with Crippen molar-refractivity contribution in [2.75, 3.05) is 5.73 Å². The number of hydrogen-bond acceptors (Lipinski definition) is 2. The molecule has 3 N–H and O–H groups in total.